The molecule has 0 bridgehead atoms. The first-order valence-electron chi connectivity index (χ1n) is 5.63. The number of rotatable bonds is 4. The Hall–Kier alpha value is -0.580. The fourth-order valence-electron chi connectivity index (χ4n) is 2.04. The molecule has 1 aromatic carbocycles. The van der Waals surface area contributed by atoms with Gasteiger partial charge in [0.25, 0.3) is 0 Å². The second kappa shape index (κ2) is 5.38. The number of ether oxygens (including phenoxy) is 1. The van der Waals surface area contributed by atoms with Gasteiger partial charge in [-0.1, -0.05) is 24.3 Å². The fraction of sp³-hybridized carbons (Fsp3) is 0.500. The molecule has 0 aliphatic carbocycles. The summed E-state index contributed by atoms with van der Waals surface area (Å²) in [6, 6.07) is 8.02. The lowest BCUT2D eigenvalue weighted by molar-refractivity contribution is 0.194. The summed E-state index contributed by atoms with van der Waals surface area (Å²) < 4.78 is 27.1. The summed E-state index contributed by atoms with van der Waals surface area (Å²) in [6.07, 6.45) is 1.50. The van der Waals surface area contributed by atoms with Crippen molar-refractivity contribution in [3.63, 3.8) is 0 Å². The van der Waals surface area contributed by atoms with Crippen LogP contribution >= 0.6 is 10.7 Å². The standard InChI is InChI=1S/C12H15ClO3S/c13-17(14,15)7-5-10-2-1-3-11(8-10)12-4-6-16-9-12/h1-3,8,12H,4-7,9H2. The van der Waals surface area contributed by atoms with Crippen LogP contribution in [0.3, 0.4) is 0 Å². The van der Waals surface area contributed by atoms with Crippen LogP contribution in [0.2, 0.25) is 0 Å². The molecule has 1 atom stereocenters. The minimum atomic E-state index is -3.41. The first-order valence-corrected chi connectivity index (χ1v) is 8.11. The van der Waals surface area contributed by atoms with E-state index in [1.165, 1.54) is 5.56 Å². The van der Waals surface area contributed by atoms with Crippen molar-refractivity contribution in [2.24, 2.45) is 0 Å². The molecule has 1 unspecified atom stereocenters. The molecule has 1 saturated heterocycles. The summed E-state index contributed by atoms with van der Waals surface area (Å²) in [6.45, 7) is 1.57. The van der Waals surface area contributed by atoms with E-state index < -0.39 is 9.05 Å². The maximum Gasteiger partial charge on any atom is 0.232 e. The van der Waals surface area contributed by atoms with Crippen molar-refractivity contribution in [1.82, 2.24) is 0 Å². The van der Waals surface area contributed by atoms with E-state index >= 15 is 0 Å². The van der Waals surface area contributed by atoms with Gasteiger partial charge in [0.1, 0.15) is 0 Å². The third-order valence-electron chi connectivity index (χ3n) is 2.99. The minimum Gasteiger partial charge on any atom is -0.381 e. The van der Waals surface area contributed by atoms with Crippen LogP contribution in [0.25, 0.3) is 0 Å². The molecule has 0 radical (unpaired) electrons. The Kier molecular flexibility index (Phi) is 4.07. The number of aryl methyl sites for hydroxylation is 1. The van der Waals surface area contributed by atoms with Crippen molar-refractivity contribution in [2.75, 3.05) is 19.0 Å². The number of halogens is 1. The summed E-state index contributed by atoms with van der Waals surface area (Å²) in [4.78, 5) is 0. The van der Waals surface area contributed by atoms with Crippen LogP contribution in [0.15, 0.2) is 24.3 Å². The molecule has 0 aromatic heterocycles. The van der Waals surface area contributed by atoms with Crippen LogP contribution in [0.5, 0.6) is 0 Å². The van der Waals surface area contributed by atoms with Crippen LogP contribution < -0.4 is 0 Å². The first kappa shape index (κ1) is 12.9. The van der Waals surface area contributed by atoms with Gasteiger partial charge in [0.15, 0.2) is 0 Å². The van der Waals surface area contributed by atoms with Crippen molar-refractivity contribution in [1.29, 1.82) is 0 Å². The summed E-state index contributed by atoms with van der Waals surface area (Å²) in [5.41, 5.74) is 2.24. The number of benzene rings is 1. The van der Waals surface area contributed by atoms with Gasteiger partial charge in [0, 0.05) is 23.2 Å². The molecular formula is C12H15ClO3S. The van der Waals surface area contributed by atoms with Gasteiger partial charge in [-0.15, -0.1) is 0 Å². The van der Waals surface area contributed by atoms with Crippen molar-refractivity contribution < 1.29 is 13.2 Å². The third-order valence-corrected chi connectivity index (χ3v) is 4.14. The highest BCUT2D eigenvalue weighted by atomic mass is 35.7. The predicted molar refractivity (Wildman–Crippen MR) is 68.0 cm³/mol. The highest BCUT2D eigenvalue weighted by Gasteiger charge is 2.17. The molecule has 3 nitrogen and oxygen atoms in total. The predicted octanol–water partition coefficient (Wildman–Crippen LogP) is 2.30. The van der Waals surface area contributed by atoms with Crippen LogP contribution in [0.4, 0.5) is 0 Å². The lowest BCUT2D eigenvalue weighted by atomic mass is 9.96. The van der Waals surface area contributed by atoms with E-state index in [-0.39, 0.29) is 5.75 Å². The van der Waals surface area contributed by atoms with Crippen molar-refractivity contribution >= 4 is 19.7 Å². The van der Waals surface area contributed by atoms with Gasteiger partial charge >= 0.3 is 0 Å². The van der Waals surface area contributed by atoms with E-state index in [1.807, 2.05) is 12.1 Å². The van der Waals surface area contributed by atoms with Gasteiger partial charge < -0.3 is 4.74 Å². The molecule has 5 heteroatoms. The normalized spacial score (nSPS) is 20.6. The monoisotopic (exact) mass is 274 g/mol. The molecule has 0 spiro atoms. The average Bonchev–Trinajstić information content (AvgIpc) is 2.79. The number of hydrogen-bond donors (Lipinski definition) is 0. The van der Waals surface area contributed by atoms with Crippen LogP contribution in [0.1, 0.15) is 23.5 Å². The van der Waals surface area contributed by atoms with E-state index in [1.54, 1.807) is 0 Å². The second-order valence-electron chi connectivity index (χ2n) is 4.30. The van der Waals surface area contributed by atoms with Gasteiger partial charge in [-0.25, -0.2) is 8.42 Å². The van der Waals surface area contributed by atoms with Gasteiger partial charge in [-0.3, -0.25) is 0 Å². The number of hydrogen-bond acceptors (Lipinski definition) is 3. The van der Waals surface area contributed by atoms with Crippen molar-refractivity contribution in [3.8, 4) is 0 Å². The Morgan fingerprint density at radius 1 is 1.41 bits per heavy atom. The maximum atomic E-state index is 10.9. The molecule has 2 rings (SSSR count). The van der Waals surface area contributed by atoms with Crippen LogP contribution in [0, 0.1) is 0 Å². The molecule has 0 saturated carbocycles. The SMILES string of the molecule is O=S(=O)(Cl)CCc1cccc(C2CCOC2)c1. The zero-order valence-corrected chi connectivity index (χ0v) is 11.0. The smallest absolute Gasteiger partial charge is 0.232 e. The first-order chi connectivity index (χ1) is 8.04. The van der Waals surface area contributed by atoms with E-state index in [0.717, 1.165) is 25.2 Å². The molecule has 17 heavy (non-hydrogen) atoms. The highest BCUT2D eigenvalue weighted by molar-refractivity contribution is 8.13. The summed E-state index contributed by atoms with van der Waals surface area (Å²) in [7, 11) is 1.80. The average molecular weight is 275 g/mol. The Balaban J connectivity index is 2.06. The van der Waals surface area contributed by atoms with Gasteiger partial charge in [0.05, 0.1) is 12.4 Å². The third kappa shape index (κ3) is 3.98. The molecule has 94 valence electrons. The van der Waals surface area contributed by atoms with E-state index in [2.05, 4.69) is 12.1 Å². The summed E-state index contributed by atoms with van der Waals surface area (Å²) in [5, 5.41) is 0. The minimum absolute atomic E-state index is 0.0147. The Bertz CT molecular complexity index is 478. The highest BCUT2D eigenvalue weighted by Crippen LogP contribution is 2.25. The van der Waals surface area contributed by atoms with Gasteiger partial charge in [-0.2, -0.15) is 0 Å². The van der Waals surface area contributed by atoms with E-state index in [4.69, 9.17) is 15.4 Å². The molecule has 1 heterocycles. The molecule has 0 N–H and O–H groups in total. The van der Waals surface area contributed by atoms with E-state index in [0.29, 0.717) is 12.3 Å². The topological polar surface area (TPSA) is 43.4 Å². The lowest BCUT2D eigenvalue weighted by Gasteiger charge is -2.09. The van der Waals surface area contributed by atoms with Crippen LogP contribution in [-0.2, 0) is 20.2 Å². The fourth-order valence-corrected chi connectivity index (χ4v) is 2.75. The lowest BCUT2D eigenvalue weighted by Crippen LogP contribution is -2.03. The molecule has 1 aromatic rings. The molecule has 1 aliphatic heterocycles. The quantitative estimate of drug-likeness (QED) is 0.792. The van der Waals surface area contributed by atoms with Crippen LogP contribution in [-0.4, -0.2) is 27.4 Å². The van der Waals surface area contributed by atoms with E-state index in [9.17, 15) is 8.42 Å². The zero-order chi connectivity index (χ0) is 12.3. The van der Waals surface area contributed by atoms with Gasteiger partial charge in [0.2, 0.25) is 9.05 Å². The van der Waals surface area contributed by atoms with Crippen molar-refractivity contribution in [3.05, 3.63) is 35.4 Å². The molecule has 0 amide bonds. The van der Waals surface area contributed by atoms with Crippen molar-refractivity contribution in [2.45, 2.75) is 18.8 Å². The largest absolute Gasteiger partial charge is 0.381 e. The zero-order valence-electron chi connectivity index (χ0n) is 9.43. The molecular weight excluding hydrogens is 260 g/mol. The second-order valence-corrected chi connectivity index (χ2v) is 7.20. The summed E-state index contributed by atoms with van der Waals surface area (Å²) >= 11 is 0. The Labute approximate surface area is 106 Å². The Morgan fingerprint density at radius 2 is 2.24 bits per heavy atom. The van der Waals surface area contributed by atoms with Gasteiger partial charge in [-0.05, 0) is 24.0 Å². The molecule has 1 aliphatic rings. The summed E-state index contributed by atoms with van der Waals surface area (Å²) in [5.74, 6) is 0.432. The maximum absolute atomic E-state index is 10.9. The Morgan fingerprint density at radius 3 is 2.88 bits per heavy atom. The molecule has 1 fully saturated rings.